The van der Waals surface area contributed by atoms with Crippen LogP contribution in [0.2, 0.25) is 0 Å². The van der Waals surface area contributed by atoms with Gasteiger partial charge in [0.2, 0.25) is 0 Å². The summed E-state index contributed by atoms with van der Waals surface area (Å²) in [5.74, 6) is 1.03. The molecule has 1 atom stereocenters. The maximum absolute atomic E-state index is 5.87. The van der Waals surface area contributed by atoms with Gasteiger partial charge in [0, 0.05) is 6.04 Å². The summed E-state index contributed by atoms with van der Waals surface area (Å²) >= 11 is 0. The molecular formula is C19H29NO. The van der Waals surface area contributed by atoms with Crippen LogP contribution in [0.15, 0.2) is 24.3 Å². The van der Waals surface area contributed by atoms with Crippen molar-refractivity contribution in [3.8, 4) is 5.75 Å². The molecular weight excluding hydrogens is 258 g/mol. The molecule has 1 N–H and O–H groups in total. The Kier molecular flexibility index (Phi) is 4.54. The number of benzene rings is 1. The van der Waals surface area contributed by atoms with E-state index in [1.807, 2.05) is 0 Å². The highest BCUT2D eigenvalue weighted by Gasteiger charge is 2.35. The molecule has 0 bridgehead atoms. The minimum absolute atomic E-state index is 0.396. The van der Waals surface area contributed by atoms with Gasteiger partial charge in [-0.05, 0) is 55.3 Å². The monoisotopic (exact) mass is 287 g/mol. The lowest BCUT2D eigenvalue weighted by molar-refractivity contribution is 0.146. The SMILES string of the molecule is CCNC(c1ccc(OC2CC2)cc1)C1(C)CCCCC1. The second kappa shape index (κ2) is 6.39. The minimum atomic E-state index is 0.396. The van der Waals surface area contributed by atoms with Gasteiger partial charge in [-0.2, -0.15) is 0 Å². The molecule has 0 aromatic heterocycles. The highest BCUT2D eigenvalue weighted by molar-refractivity contribution is 5.31. The summed E-state index contributed by atoms with van der Waals surface area (Å²) in [6.45, 7) is 5.71. The largest absolute Gasteiger partial charge is 0.490 e. The zero-order chi connectivity index (χ0) is 14.7. The summed E-state index contributed by atoms with van der Waals surface area (Å²) < 4.78 is 5.87. The number of nitrogens with one attached hydrogen (secondary N) is 1. The molecule has 0 spiro atoms. The molecule has 0 saturated heterocycles. The number of rotatable bonds is 6. The topological polar surface area (TPSA) is 21.3 Å². The fourth-order valence-corrected chi connectivity index (χ4v) is 3.74. The Hall–Kier alpha value is -1.02. The minimum Gasteiger partial charge on any atom is -0.490 e. The van der Waals surface area contributed by atoms with Gasteiger partial charge in [-0.1, -0.05) is 45.2 Å². The van der Waals surface area contributed by atoms with Crippen molar-refractivity contribution in [1.29, 1.82) is 0 Å². The van der Waals surface area contributed by atoms with Gasteiger partial charge in [-0.15, -0.1) is 0 Å². The third-order valence-corrected chi connectivity index (χ3v) is 5.14. The summed E-state index contributed by atoms with van der Waals surface area (Å²) in [7, 11) is 0. The van der Waals surface area contributed by atoms with Crippen LogP contribution >= 0.6 is 0 Å². The third kappa shape index (κ3) is 3.60. The van der Waals surface area contributed by atoms with E-state index in [0.717, 1.165) is 12.3 Å². The van der Waals surface area contributed by atoms with E-state index in [4.69, 9.17) is 4.74 Å². The molecule has 1 aromatic rings. The second-order valence-corrected chi connectivity index (χ2v) is 7.09. The van der Waals surface area contributed by atoms with Gasteiger partial charge in [-0.25, -0.2) is 0 Å². The van der Waals surface area contributed by atoms with Crippen molar-refractivity contribution in [2.24, 2.45) is 5.41 Å². The molecule has 0 amide bonds. The lowest BCUT2D eigenvalue weighted by Crippen LogP contribution is -2.37. The Morgan fingerprint density at radius 2 is 1.81 bits per heavy atom. The van der Waals surface area contributed by atoms with E-state index in [9.17, 15) is 0 Å². The number of hydrogen-bond acceptors (Lipinski definition) is 2. The van der Waals surface area contributed by atoms with Gasteiger partial charge in [0.25, 0.3) is 0 Å². The first-order valence-corrected chi connectivity index (χ1v) is 8.71. The van der Waals surface area contributed by atoms with Crippen LogP contribution in [0.3, 0.4) is 0 Å². The predicted molar refractivity (Wildman–Crippen MR) is 87.7 cm³/mol. The predicted octanol–water partition coefficient (Wildman–Crippen LogP) is 4.85. The van der Waals surface area contributed by atoms with Crippen LogP contribution in [-0.2, 0) is 0 Å². The molecule has 1 aromatic carbocycles. The first kappa shape index (κ1) is 14.9. The van der Waals surface area contributed by atoms with E-state index in [1.54, 1.807) is 0 Å². The normalized spacial score (nSPS) is 22.8. The Morgan fingerprint density at radius 1 is 1.14 bits per heavy atom. The summed E-state index contributed by atoms with van der Waals surface area (Å²) in [6.07, 6.45) is 9.76. The van der Waals surface area contributed by atoms with Crippen LogP contribution in [0.4, 0.5) is 0 Å². The van der Waals surface area contributed by atoms with Gasteiger partial charge in [0.15, 0.2) is 0 Å². The molecule has 2 nitrogen and oxygen atoms in total. The Balaban J connectivity index is 1.75. The van der Waals surface area contributed by atoms with Crippen molar-refractivity contribution in [3.63, 3.8) is 0 Å². The van der Waals surface area contributed by atoms with Crippen molar-refractivity contribution in [2.45, 2.75) is 70.9 Å². The summed E-state index contributed by atoms with van der Waals surface area (Å²) in [4.78, 5) is 0. The fraction of sp³-hybridized carbons (Fsp3) is 0.684. The molecule has 21 heavy (non-hydrogen) atoms. The van der Waals surface area contributed by atoms with E-state index in [-0.39, 0.29) is 0 Å². The Morgan fingerprint density at radius 3 is 2.38 bits per heavy atom. The van der Waals surface area contributed by atoms with E-state index in [2.05, 4.69) is 43.4 Å². The van der Waals surface area contributed by atoms with Gasteiger partial charge in [-0.3, -0.25) is 0 Å². The van der Waals surface area contributed by atoms with E-state index in [1.165, 1.54) is 50.5 Å². The Labute approximate surface area is 129 Å². The highest BCUT2D eigenvalue weighted by Crippen LogP contribution is 2.45. The number of hydrogen-bond donors (Lipinski definition) is 1. The van der Waals surface area contributed by atoms with Crippen LogP contribution in [0.1, 0.15) is 70.4 Å². The third-order valence-electron chi connectivity index (χ3n) is 5.14. The number of ether oxygens (including phenoxy) is 1. The summed E-state index contributed by atoms with van der Waals surface area (Å²) in [6, 6.07) is 9.32. The fourth-order valence-electron chi connectivity index (χ4n) is 3.74. The van der Waals surface area contributed by atoms with Crippen LogP contribution in [0.5, 0.6) is 5.75 Å². The van der Waals surface area contributed by atoms with E-state index < -0.39 is 0 Å². The molecule has 0 heterocycles. The second-order valence-electron chi connectivity index (χ2n) is 7.09. The molecule has 2 heteroatoms. The molecule has 2 fully saturated rings. The summed E-state index contributed by atoms with van der Waals surface area (Å²) in [5.41, 5.74) is 1.82. The lowest BCUT2D eigenvalue weighted by atomic mass is 9.68. The Bertz CT molecular complexity index is 443. The molecule has 2 aliphatic rings. The molecule has 0 aliphatic heterocycles. The molecule has 1 unspecified atom stereocenters. The first-order valence-electron chi connectivity index (χ1n) is 8.71. The zero-order valence-electron chi connectivity index (χ0n) is 13.5. The van der Waals surface area contributed by atoms with E-state index >= 15 is 0 Å². The van der Waals surface area contributed by atoms with Gasteiger partial charge >= 0.3 is 0 Å². The molecule has 2 aliphatic carbocycles. The molecule has 116 valence electrons. The molecule has 0 radical (unpaired) electrons. The maximum atomic E-state index is 5.87. The van der Waals surface area contributed by atoms with Gasteiger partial charge < -0.3 is 10.1 Å². The van der Waals surface area contributed by atoms with Crippen LogP contribution in [0.25, 0.3) is 0 Å². The van der Waals surface area contributed by atoms with Crippen molar-refractivity contribution in [2.75, 3.05) is 6.54 Å². The van der Waals surface area contributed by atoms with Crippen molar-refractivity contribution < 1.29 is 4.74 Å². The van der Waals surface area contributed by atoms with Crippen LogP contribution in [0, 0.1) is 5.41 Å². The lowest BCUT2D eigenvalue weighted by Gasteiger charge is -2.41. The molecule has 2 saturated carbocycles. The average molecular weight is 287 g/mol. The van der Waals surface area contributed by atoms with E-state index in [0.29, 0.717) is 17.6 Å². The van der Waals surface area contributed by atoms with Crippen molar-refractivity contribution >= 4 is 0 Å². The zero-order valence-corrected chi connectivity index (χ0v) is 13.5. The van der Waals surface area contributed by atoms with Crippen LogP contribution < -0.4 is 10.1 Å². The standard InChI is InChI=1S/C19H29NO/c1-3-20-18(19(2)13-5-4-6-14-19)15-7-9-16(10-8-15)21-17-11-12-17/h7-10,17-18,20H,3-6,11-14H2,1-2H3. The maximum Gasteiger partial charge on any atom is 0.119 e. The van der Waals surface area contributed by atoms with Gasteiger partial charge in [0.1, 0.15) is 5.75 Å². The van der Waals surface area contributed by atoms with Crippen LogP contribution in [-0.4, -0.2) is 12.6 Å². The van der Waals surface area contributed by atoms with Crippen molar-refractivity contribution in [3.05, 3.63) is 29.8 Å². The van der Waals surface area contributed by atoms with Crippen molar-refractivity contribution in [1.82, 2.24) is 5.32 Å². The average Bonchev–Trinajstić information content (AvgIpc) is 3.30. The quantitative estimate of drug-likeness (QED) is 0.807. The van der Waals surface area contributed by atoms with Gasteiger partial charge in [0.05, 0.1) is 6.10 Å². The summed E-state index contributed by atoms with van der Waals surface area (Å²) in [5, 5.41) is 3.74. The smallest absolute Gasteiger partial charge is 0.119 e. The first-order chi connectivity index (χ1) is 10.2. The highest BCUT2D eigenvalue weighted by atomic mass is 16.5. The molecule has 3 rings (SSSR count).